The number of hydrogen-bond donors (Lipinski definition) is 2. The lowest BCUT2D eigenvalue weighted by Crippen LogP contribution is -2.36. The summed E-state index contributed by atoms with van der Waals surface area (Å²) in [5.41, 5.74) is 0.893. The van der Waals surface area contributed by atoms with Gasteiger partial charge in [0, 0.05) is 0 Å². The molecular formula is C11H16ClN3O. The molecule has 0 aliphatic heterocycles. The molecule has 1 aromatic heterocycles. The van der Waals surface area contributed by atoms with Crippen molar-refractivity contribution in [3.05, 3.63) is 16.8 Å². The van der Waals surface area contributed by atoms with Gasteiger partial charge in [0.05, 0.1) is 12.1 Å². The average Bonchev–Trinajstić information content (AvgIpc) is 2.27. The van der Waals surface area contributed by atoms with Gasteiger partial charge in [-0.3, -0.25) is 0 Å². The van der Waals surface area contributed by atoms with E-state index in [2.05, 4.69) is 15.5 Å². The SMILES string of the molecule is Cc1cc(N[C@@H]2CCCC[C@@H]2O)nnc1Cl. The van der Waals surface area contributed by atoms with E-state index in [1.165, 1.54) is 0 Å². The summed E-state index contributed by atoms with van der Waals surface area (Å²) in [5.74, 6) is 0.688. The van der Waals surface area contributed by atoms with Crippen molar-refractivity contribution in [2.24, 2.45) is 0 Å². The maximum absolute atomic E-state index is 9.82. The standard InChI is InChI=1S/C11H16ClN3O/c1-7-6-10(14-15-11(7)12)13-8-4-2-3-5-9(8)16/h6,8-9,16H,2-5H2,1H3,(H,13,14)/t8-,9+/m1/s1. The maximum Gasteiger partial charge on any atom is 0.154 e. The molecule has 2 atom stereocenters. The van der Waals surface area contributed by atoms with Crippen LogP contribution in [0.4, 0.5) is 5.82 Å². The summed E-state index contributed by atoms with van der Waals surface area (Å²) in [6.45, 7) is 1.89. The topological polar surface area (TPSA) is 58.0 Å². The molecule has 0 saturated heterocycles. The van der Waals surface area contributed by atoms with Gasteiger partial charge < -0.3 is 10.4 Å². The summed E-state index contributed by atoms with van der Waals surface area (Å²) in [4.78, 5) is 0. The number of aliphatic hydroxyl groups excluding tert-OH is 1. The second-order valence-electron chi connectivity index (χ2n) is 4.31. The fourth-order valence-electron chi connectivity index (χ4n) is 2.01. The molecule has 0 bridgehead atoms. The van der Waals surface area contributed by atoms with Crippen LogP contribution in [0.2, 0.25) is 5.15 Å². The highest BCUT2D eigenvalue weighted by atomic mass is 35.5. The second-order valence-corrected chi connectivity index (χ2v) is 4.66. The van der Waals surface area contributed by atoms with Gasteiger partial charge in [-0.2, -0.15) is 0 Å². The Morgan fingerprint density at radius 3 is 2.81 bits per heavy atom. The van der Waals surface area contributed by atoms with Gasteiger partial charge in [0.2, 0.25) is 0 Å². The summed E-state index contributed by atoms with van der Waals surface area (Å²) < 4.78 is 0. The summed E-state index contributed by atoms with van der Waals surface area (Å²) >= 11 is 5.80. The van der Waals surface area contributed by atoms with E-state index in [1.807, 2.05) is 13.0 Å². The molecule has 88 valence electrons. The Kier molecular flexibility index (Phi) is 3.61. The van der Waals surface area contributed by atoms with Gasteiger partial charge in [-0.25, -0.2) is 0 Å². The Hall–Kier alpha value is -0.870. The molecule has 2 rings (SSSR count). The van der Waals surface area contributed by atoms with E-state index in [9.17, 15) is 5.11 Å². The molecule has 0 unspecified atom stereocenters. The first-order valence-electron chi connectivity index (χ1n) is 5.61. The van der Waals surface area contributed by atoms with Crippen molar-refractivity contribution in [1.29, 1.82) is 0 Å². The fraction of sp³-hybridized carbons (Fsp3) is 0.636. The summed E-state index contributed by atoms with van der Waals surface area (Å²) in [6, 6.07) is 1.94. The third-order valence-electron chi connectivity index (χ3n) is 2.99. The van der Waals surface area contributed by atoms with Crippen molar-refractivity contribution in [2.75, 3.05) is 5.32 Å². The molecule has 5 heteroatoms. The largest absolute Gasteiger partial charge is 0.391 e. The summed E-state index contributed by atoms with van der Waals surface area (Å²) in [7, 11) is 0. The Morgan fingerprint density at radius 1 is 1.38 bits per heavy atom. The van der Waals surface area contributed by atoms with Gasteiger partial charge in [0.15, 0.2) is 5.15 Å². The van der Waals surface area contributed by atoms with Gasteiger partial charge >= 0.3 is 0 Å². The van der Waals surface area contributed by atoms with Crippen LogP contribution in [0.1, 0.15) is 31.2 Å². The van der Waals surface area contributed by atoms with E-state index in [0.717, 1.165) is 31.2 Å². The lowest BCUT2D eigenvalue weighted by Gasteiger charge is -2.28. The lowest BCUT2D eigenvalue weighted by atomic mass is 9.92. The first-order chi connectivity index (χ1) is 7.66. The minimum Gasteiger partial charge on any atom is -0.391 e. The van der Waals surface area contributed by atoms with Gasteiger partial charge in [-0.15, -0.1) is 10.2 Å². The molecule has 1 saturated carbocycles. The first kappa shape index (κ1) is 11.6. The number of nitrogens with one attached hydrogen (secondary N) is 1. The Bertz CT molecular complexity index is 372. The predicted molar refractivity (Wildman–Crippen MR) is 63.7 cm³/mol. The molecule has 1 aliphatic rings. The van der Waals surface area contributed by atoms with Crippen LogP contribution >= 0.6 is 11.6 Å². The number of aryl methyl sites for hydroxylation is 1. The lowest BCUT2D eigenvalue weighted by molar-refractivity contribution is 0.116. The molecule has 0 amide bonds. The van der Waals surface area contributed by atoms with Crippen LogP contribution in [0, 0.1) is 6.92 Å². The van der Waals surface area contributed by atoms with Crippen molar-refractivity contribution in [3.63, 3.8) is 0 Å². The zero-order valence-corrected chi connectivity index (χ0v) is 10.0. The minimum absolute atomic E-state index is 0.0867. The van der Waals surface area contributed by atoms with E-state index >= 15 is 0 Å². The molecule has 1 aromatic rings. The zero-order chi connectivity index (χ0) is 11.5. The number of nitrogens with zero attached hydrogens (tertiary/aromatic N) is 2. The number of rotatable bonds is 2. The van der Waals surface area contributed by atoms with Crippen molar-refractivity contribution in [2.45, 2.75) is 44.8 Å². The molecule has 1 heterocycles. The molecule has 0 radical (unpaired) electrons. The maximum atomic E-state index is 9.82. The summed E-state index contributed by atoms with van der Waals surface area (Å²) in [5, 5.41) is 21.3. The van der Waals surface area contributed by atoms with E-state index in [0.29, 0.717) is 11.0 Å². The Labute approximate surface area is 100 Å². The van der Waals surface area contributed by atoms with Crippen molar-refractivity contribution < 1.29 is 5.11 Å². The number of anilines is 1. The molecule has 4 nitrogen and oxygen atoms in total. The average molecular weight is 242 g/mol. The van der Waals surface area contributed by atoms with Crippen LogP contribution in [0.3, 0.4) is 0 Å². The number of aromatic nitrogens is 2. The predicted octanol–water partition coefficient (Wildman–Crippen LogP) is 2.15. The normalized spacial score (nSPS) is 25.4. The van der Waals surface area contributed by atoms with E-state index in [1.54, 1.807) is 0 Å². The van der Waals surface area contributed by atoms with Gasteiger partial charge in [-0.05, 0) is 31.4 Å². The first-order valence-corrected chi connectivity index (χ1v) is 5.99. The van der Waals surface area contributed by atoms with Gasteiger partial charge in [0.1, 0.15) is 5.82 Å². The molecule has 1 aliphatic carbocycles. The number of halogens is 1. The monoisotopic (exact) mass is 241 g/mol. The molecule has 0 aromatic carbocycles. The zero-order valence-electron chi connectivity index (χ0n) is 9.28. The van der Waals surface area contributed by atoms with Crippen molar-refractivity contribution in [3.8, 4) is 0 Å². The summed E-state index contributed by atoms with van der Waals surface area (Å²) in [6.07, 6.45) is 3.80. The van der Waals surface area contributed by atoms with Crippen LogP contribution in [0.5, 0.6) is 0 Å². The third-order valence-corrected chi connectivity index (χ3v) is 3.36. The van der Waals surface area contributed by atoms with Gasteiger partial charge in [0.25, 0.3) is 0 Å². The van der Waals surface area contributed by atoms with Crippen LogP contribution in [0.15, 0.2) is 6.07 Å². The molecule has 2 N–H and O–H groups in total. The fourth-order valence-corrected chi connectivity index (χ4v) is 2.10. The Balaban J connectivity index is 2.05. The molecular weight excluding hydrogens is 226 g/mol. The quantitative estimate of drug-likeness (QED) is 0.833. The molecule has 16 heavy (non-hydrogen) atoms. The number of hydrogen-bond acceptors (Lipinski definition) is 4. The Morgan fingerprint density at radius 2 is 2.12 bits per heavy atom. The van der Waals surface area contributed by atoms with Crippen LogP contribution < -0.4 is 5.32 Å². The minimum atomic E-state index is -0.286. The number of aliphatic hydroxyl groups is 1. The van der Waals surface area contributed by atoms with E-state index in [-0.39, 0.29) is 12.1 Å². The molecule has 0 spiro atoms. The second kappa shape index (κ2) is 4.97. The highest BCUT2D eigenvalue weighted by Crippen LogP contribution is 2.22. The van der Waals surface area contributed by atoms with Crippen LogP contribution in [-0.2, 0) is 0 Å². The third kappa shape index (κ3) is 2.62. The smallest absolute Gasteiger partial charge is 0.154 e. The van der Waals surface area contributed by atoms with Crippen LogP contribution in [-0.4, -0.2) is 27.4 Å². The van der Waals surface area contributed by atoms with E-state index < -0.39 is 0 Å². The van der Waals surface area contributed by atoms with Gasteiger partial charge in [-0.1, -0.05) is 24.4 Å². The highest BCUT2D eigenvalue weighted by Gasteiger charge is 2.23. The van der Waals surface area contributed by atoms with Crippen LogP contribution in [0.25, 0.3) is 0 Å². The molecule has 1 fully saturated rings. The van der Waals surface area contributed by atoms with Crippen molar-refractivity contribution in [1.82, 2.24) is 10.2 Å². The van der Waals surface area contributed by atoms with E-state index in [4.69, 9.17) is 11.6 Å². The van der Waals surface area contributed by atoms with Crippen molar-refractivity contribution >= 4 is 17.4 Å². The highest BCUT2D eigenvalue weighted by molar-refractivity contribution is 6.30.